The molecular weight excluding hydrogens is 208 g/mol. The molecule has 5 heteroatoms. The average Bonchev–Trinajstić information content (AvgIpc) is 2.61. The molecule has 1 aromatic heterocycles. The van der Waals surface area contributed by atoms with Gasteiger partial charge in [-0.05, 0) is 20.8 Å². The maximum Gasteiger partial charge on any atom is 0.191 e. The fraction of sp³-hybridized carbons (Fsp3) is 0.600. The van der Waals surface area contributed by atoms with Crippen molar-refractivity contribution in [1.82, 2.24) is 15.6 Å². The Morgan fingerprint density at radius 2 is 2.07 bits per heavy atom. The first-order chi connectivity index (χ1) is 7.26. The highest BCUT2D eigenvalue weighted by atomic mass is 32.1. The highest BCUT2D eigenvalue weighted by molar-refractivity contribution is 7.09. The van der Waals surface area contributed by atoms with Crippen molar-refractivity contribution in [2.45, 2.75) is 27.3 Å². The molecule has 0 radical (unpaired) electrons. The molecule has 0 unspecified atom stereocenters. The van der Waals surface area contributed by atoms with Crippen LogP contribution in [0.4, 0.5) is 0 Å². The number of aryl methyl sites for hydroxylation is 1. The molecule has 0 fully saturated rings. The quantitative estimate of drug-likeness (QED) is 0.604. The van der Waals surface area contributed by atoms with Gasteiger partial charge in [-0.1, -0.05) is 0 Å². The second-order valence-corrected chi connectivity index (χ2v) is 4.15. The van der Waals surface area contributed by atoms with Crippen molar-refractivity contribution in [2.24, 2.45) is 4.99 Å². The maximum atomic E-state index is 4.43. The van der Waals surface area contributed by atoms with E-state index >= 15 is 0 Å². The fourth-order valence-corrected chi connectivity index (χ4v) is 1.75. The number of aliphatic imine (C=N–C) groups is 1. The normalized spacial score (nSPS) is 9.80. The summed E-state index contributed by atoms with van der Waals surface area (Å²) < 4.78 is 0. The first kappa shape index (κ1) is 12.0. The molecule has 0 aliphatic carbocycles. The van der Waals surface area contributed by atoms with Crippen LogP contribution in [0, 0.1) is 6.92 Å². The monoisotopic (exact) mass is 226 g/mol. The Labute approximate surface area is 94.8 Å². The van der Waals surface area contributed by atoms with Gasteiger partial charge in [0.15, 0.2) is 5.96 Å². The fourth-order valence-electron chi connectivity index (χ4n) is 1.15. The van der Waals surface area contributed by atoms with Gasteiger partial charge in [0, 0.05) is 18.5 Å². The van der Waals surface area contributed by atoms with Gasteiger partial charge in [0.25, 0.3) is 0 Å². The Hall–Kier alpha value is -1.10. The van der Waals surface area contributed by atoms with Gasteiger partial charge in [0.2, 0.25) is 0 Å². The zero-order valence-electron chi connectivity index (χ0n) is 9.50. The van der Waals surface area contributed by atoms with E-state index < -0.39 is 0 Å². The number of nitrogens with one attached hydrogen (secondary N) is 2. The van der Waals surface area contributed by atoms with Crippen LogP contribution in [-0.4, -0.2) is 24.0 Å². The second-order valence-electron chi connectivity index (χ2n) is 3.08. The van der Waals surface area contributed by atoms with Crippen LogP contribution >= 0.6 is 11.3 Å². The Kier molecular flexibility index (Phi) is 5.10. The van der Waals surface area contributed by atoms with Gasteiger partial charge in [-0.3, -0.25) is 0 Å². The third-order valence-corrected chi connectivity index (χ3v) is 2.58. The molecule has 0 atom stereocenters. The molecule has 15 heavy (non-hydrogen) atoms. The third-order valence-electron chi connectivity index (χ3n) is 1.75. The summed E-state index contributed by atoms with van der Waals surface area (Å²) in [6, 6.07) is 0. The van der Waals surface area contributed by atoms with Crippen LogP contribution in [0.25, 0.3) is 0 Å². The van der Waals surface area contributed by atoms with Gasteiger partial charge in [-0.2, -0.15) is 0 Å². The van der Waals surface area contributed by atoms with E-state index in [0.717, 1.165) is 29.8 Å². The van der Waals surface area contributed by atoms with Gasteiger partial charge in [-0.15, -0.1) is 11.3 Å². The van der Waals surface area contributed by atoms with E-state index in [1.807, 2.05) is 12.3 Å². The topological polar surface area (TPSA) is 49.3 Å². The molecule has 4 nitrogen and oxygen atoms in total. The van der Waals surface area contributed by atoms with Gasteiger partial charge in [0.05, 0.1) is 17.2 Å². The number of aromatic nitrogens is 1. The minimum absolute atomic E-state index is 0.639. The van der Waals surface area contributed by atoms with Crippen molar-refractivity contribution >= 4 is 17.3 Å². The SMILES string of the molecule is CCNC(=NCc1csc(C)n1)NCC. The Morgan fingerprint density at radius 3 is 2.53 bits per heavy atom. The van der Waals surface area contributed by atoms with E-state index in [4.69, 9.17) is 0 Å². The molecule has 0 aromatic carbocycles. The van der Waals surface area contributed by atoms with Crippen molar-refractivity contribution in [3.05, 3.63) is 16.1 Å². The summed E-state index contributed by atoms with van der Waals surface area (Å²) in [5, 5.41) is 9.49. The molecule has 1 rings (SSSR count). The lowest BCUT2D eigenvalue weighted by Crippen LogP contribution is -2.36. The van der Waals surface area contributed by atoms with Crippen LogP contribution in [0.1, 0.15) is 24.5 Å². The van der Waals surface area contributed by atoms with Gasteiger partial charge in [-0.25, -0.2) is 9.98 Å². The molecule has 0 amide bonds. The van der Waals surface area contributed by atoms with E-state index in [2.05, 4.69) is 34.5 Å². The van der Waals surface area contributed by atoms with Crippen molar-refractivity contribution in [3.63, 3.8) is 0 Å². The summed E-state index contributed by atoms with van der Waals surface area (Å²) in [5.74, 6) is 0.852. The number of hydrogen-bond acceptors (Lipinski definition) is 3. The average molecular weight is 226 g/mol. The van der Waals surface area contributed by atoms with E-state index in [0.29, 0.717) is 6.54 Å². The summed E-state index contributed by atoms with van der Waals surface area (Å²) >= 11 is 1.66. The van der Waals surface area contributed by atoms with Crippen LogP contribution < -0.4 is 10.6 Å². The zero-order chi connectivity index (χ0) is 11.1. The summed E-state index contributed by atoms with van der Waals surface area (Å²) in [6.45, 7) is 8.51. The van der Waals surface area contributed by atoms with E-state index in [1.54, 1.807) is 11.3 Å². The second kappa shape index (κ2) is 6.40. The molecule has 0 saturated heterocycles. The number of rotatable bonds is 4. The Morgan fingerprint density at radius 1 is 1.40 bits per heavy atom. The molecule has 0 spiro atoms. The highest BCUT2D eigenvalue weighted by Crippen LogP contribution is 2.08. The summed E-state index contributed by atoms with van der Waals surface area (Å²) in [6.07, 6.45) is 0. The molecule has 2 N–H and O–H groups in total. The van der Waals surface area contributed by atoms with Crippen molar-refractivity contribution < 1.29 is 0 Å². The lowest BCUT2D eigenvalue weighted by atomic mass is 10.5. The van der Waals surface area contributed by atoms with Crippen LogP contribution in [0.3, 0.4) is 0 Å². The first-order valence-corrected chi connectivity index (χ1v) is 6.07. The van der Waals surface area contributed by atoms with E-state index in [9.17, 15) is 0 Å². The molecule has 1 aromatic rings. The molecule has 0 aliphatic heterocycles. The summed E-state index contributed by atoms with van der Waals surface area (Å²) in [7, 11) is 0. The number of nitrogens with zero attached hydrogens (tertiary/aromatic N) is 2. The summed E-state index contributed by atoms with van der Waals surface area (Å²) in [5.41, 5.74) is 1.03. The molecule has 1 heterocycles. The highest BCUT2D eigenvalue weighted by Gasteiger charge is 1.98. The van der Waals surface area contributed by atoms with Crippen molar-refractivity contribution in [1.29, 1.82) is 0 Å². The van der Waals surface area contributed by atoms with Gasteiger partial charge >= 0.3 is 0 Å². The standard InChI is InChI=1S/C10H18N4S/c1-4-11-10(12-5-2)13-6-9-7-15-8(3)14-9/h7H,4-6H2,1-3H3,(H2,11,12,13). The van der Waals surface area contributed by atoms with Crippen LogP contribution in [-0.2, 0) is 6.54 Å². The van der Waals surface area contributed by atoms with Crippen LogP contribution in [0.5, 0.6) is 0 Å². The lowest BCUT2D eigenvalue weighted by Gasteiger charge is -2.08. The largest absolute Gasteiger partial charge is 0.357 e. The minimum atomic E-state index is 0.639. The van der Waals surface area contributed by atoms with Gasteiger partial charge in [0.1, 0.15) is 0 Å². The molecule has 84 valence electrons. The smallest absolute Gasteiger partial charge is 0.191 e. The number of hydrogen-bond donors (Lipinski definition) is 2. The van der Waals surface area contributed by atoms with Crippen LogP contribution in [0.15, 0.2) is 10.4 Å². The van der Waals surface area contributed by atoms with Crippen molar-refractivity contribution in [2.75, 3.05) is 13.1 Å². The Bertz CT molecular complexity index is 311. The predicted molar refractivity (Wildman–Crippen MR) is 65.3 cm³/mol. The van der Waals surface area contributed by atoms with E-state index in [1.165, 1.54) is 0 Å². The zero-order valence-corrected chi connectivity index (χ0v) is 10.3. The first-order valence-electron chi connectivity index (χ1n) is 5.19. The maximum absolute atomic E-state index is 4.43. The molecule has 0 bridgehead atoms. The lowest BCUT2D eigenvalue weighted by molar-refractivity contribution is 0.835. The summed E-state index contributed by atoms with van der Waals surface area (Å²) in [4.78, 5) is 8.78. The molecule has 0 saturated carbocycles. The van der Waals surface area contributed by atoms with Crippen LogP contribution in [0.2, 0.25) is 0 Å². The van der Waals surface area contributed by atoms with Gasteiger partial charge < -0.3 is 10.6 Å². The molecule has 0 aliphatic rings. The third kappa shape index (κ3) is 4.29. The predicted octanol–water partition coefficient (Wildman–Crippen LogP) is 1.53. The number of guanidine groups is 1. The van der Waals surface area contributed by atoms with E-state index in [-0.39, 0.29) is 0 Å². The Balaban J connectivity index is 2.52. The van der Waals surface area contributed by atoms with Crippen molar-refractivity contribution in [3.8, 4) is 0 Å². The minimum Gasteiger partial charge on any atom is -0.357 e. The number of thiazole rings is 1. The molecular formula is C10H18N4S.